The second kappa shape index (κ2) is 8.06. The fourth-order valence-electron chi connectivity index (χ4n) is 5.61. The van der Waals surface area contributed by atoms with Gasteiger partial charge >= 0.3 is 0 Å². The molecule has 2 bridgehead atoms. The molecule has 2 saturated heterocycles. The first-order valence-electron chi connectivity index (χ1n) is 11.2. The van der Waals surface area contributed by atoms with Gasteiger partial charge in [0.15, 0.2) is 0 Å². The summed E-state index contributed by atoms with van der Waals surface area (Å²) < 4.78 is 0. The number of carbonyl (C=O) groups is 2. The molecular formula is C24H35N3O3. The topological polar surface area (TPSA) is 64.1 Å². The lowest BCUT2D eigenvalue weighted by molar-refractivity contribution is -0.169. The highest BCUT2D eigenvalue weighted by Crippen LogP contribution is 2.60. The molecule has 0 unspecified atom stereocenters. The molecule has 4 rings (SSSR count). The molecule has 1 aromatic rings. The minimum absolute atomic E-state index is 0.0910. The van der Waals surface area contributed by atoms with Crippen molar-refractivity contribution in [2.24, 2.45) is 16.7 Å². The van der Waals surface area contributed by atoms with Crippen molar-refractivity contribution in [2.75, 3.05) is 39.3 Å². The van der Waals surface area contributed by atoms with Crippen LogP contribution in [-0.4, -0.2) is 77.0 Å². The van der Waals surface area contributed by atoms with Gasteiger partial charge in [-0.2, -0.15) is 0 Å². The summed E-state index contributed by atoms with van der Waals surface area (Å²) in [5.74, 6) is -0.307. The summed E-state index contributed by atoms with van der Waals surface area (Å²) in [4.78, 5) is 32.1. The fourth-order valence-corrected chi connectivity index (χ4v) is 5.61. The van der Waals surface area contributed by atoms with E-state index in [9.17, 15) is 14.7 Å². The molecule has 3 fully saturated rings. The average Bonchev–Trinajstić information content (AvgIpc) is 2.91. The Hall–Kier alpha value is -1.76. The molecule has 1 saturated carbocycles. The molecule has 0 radical (unpaired) electrons. The van der Waals surface area contributed by atoms with E-state index in [1.165, 1.54) is 10.5 Å². The molecule has 1 aliphatic carbocycles. The number of piperidine rings is 1. The zero-order valence-corrected chi connectivity index (χ0v) is 18.5. The second-order valence-electron chi connectivity index (χ2n) is 10.1. The smallest absolute Gasteiger partial charge is 0.235 e. The maximum absolute atomic E-state index is 13.1. The van der Waals surface area contributed by atoms with E-state index in [4.69, 9.17) is 0 Å². The molecule has 30 heavy (non-hydrogen) atoms. The number of β-amino-alcohol motifs (C(OH)–C–C–N with tert-alkyl or cyclic N) is 1. The lowest BCUT2D eigenvalue weighted by Gasteiger charge is -2.48. The number of benzene rings is 1. The Kier molecular flexibility index (Phi) is 5.77. The summed E-state index contributed by atoms with van der Waals surface area (Å²) in [6.07, 6.45) is 0.817. The van der Waals surface area contributed by atoms with Gasteiger partial charge < -0.3 is 5.11 Å². The number of fused-ring (bicyclic) bond motifs is 2. The standard InChI is InChI=1S/C24H35N3O3/c1-23(2)20-9-10-24(23,3)22(30)27(21(20)29)17-19(28)16-26-13-11-25(12-14-26)15-18-7-5-4-6-8-18/h4-8,19-20,28H,9-17H2,1-3H3/t19-,20+,24+/m0/s1. The third kappa shape index (κ3) is 3.70. The summed E-state index contributed by atoms with van der Waals surface area (Å²) in [6.45, 7) is 11.3. The Morgan fingerprint density at radius 3 is 2.30 bits per heavy atom. The van der Waals surface area contributed by atoms with Crippen LogP contribution in [-0.2, 0) is 16.1 Å². The van der Waals surface area contributed by atoms with Crippen molar-refractivity contribution < 1.29 is 14.7 Å². The number of aliphatic hydroxyl groups excluding tert-OH is 1. The number of nitrogens with zero attached hydrogens (tertiary/aromatic N) is 3. The highest BCUT2D eigenvalue weighted by molar-refractivity contribution is 6.03. The van der Waals surface area contributed by atoms with Gasteiger partial charge in [0, 0.05) is 45.2 Å². The predicted molar refractivity (Wildman–Crippen MR) is 115 cm³/mol. The molecule has 164 valence electrons. The third-order valence-electron chi connectivity index (χ3n) is 8.08. The summed E-state index contributed by atoms with van der Waals surface area (Å²) in [7, 11) is 0. The Labute approximate surface area is 179 Å². The Morgan fingerprint density at radius 2 is 1.63 bits per heavy atom. The van der Waals surface area contributed by atoms with Crippen LogP contribution in [0.5, 0.6) is 0 Å². The van der Waals surface area contributed by atoms with Crippen molar-refractivity contribution in [1.82, 2.24) is 14.7 Å². The normalized spacial score (nSPS) is 30.7. The maximum atomic E-state index is 13.1. The number of rotatable bonds is 6. The van der Waals surface area contributed by atoms with Crippen molar-refractivity contribution in [3.63, 3.8) is 0 Å². The Balaban J connectivity index is 1.29. The van der Waals surface area contributed by atoms with Crippen LogP contribution in [0.3, 0.4) is 0 Å². The monoisotopic (exact) mass is 413 g/mol. The van der Waals surface area contributed by atoms with E-state index in [1.54, 1.807) is 0 Å². The first-order valence-corrected chi connectivity index (χ1v) is 11.2. The zero-order chi connectivity index (χ0) is 21.5. The molecule has 6 heteroatoms. The van der Waals surface area contributed by atoms with Gasteiger partial charge in [-0.25, -0.2) is 0 Å². The molecule has 6 nitrogen and oxygen atoms in total. The molecule has 2 amide bonds. The number of likely N-dealkylation sites (tertiary alicyclic amines) is 1. The number of piperazine rings is 1. The average molecular weight is 414 g/mol. The van der Waals surface area contributed by atoms with Crippen molar-refractivity contribution in [1.29, 1.82) is 0 Å². The molecule has 0 spiro atoms. The SMILES string of the molecule is CC1(C)[C@@H]2CC[C@]1(C)C(=O)N(C[C@@H](O)CN1CCN(Cc3ccccc3)CC1)C2=O. The van der Waals surface area contributed by atoms with E-state index in [0.29, 0.717) is 6.54 Å². The molecule has 1 aromatic carbocycles. The highest BCUT2D eigenvalue weighted by atomic mass is 16.3. The van der Waals surface area contributed by atoms with Gasteiger partial charge in [0.25, 0.3) is 0 Å². The van der Waals surface area contributed by atoms with E-state index in [0.717, 1.165) is 45.6 Å². The predicted octanol–water partition coefficient (Wildman–Crippen LogP) is 1.98. The van der Waals surface area contributed by atoms with Gasteiger partial charge in [0.1, 0.15) is 0 Å². The van der Waals surface area contributed by atoms with Crippen molar-refractivity contribution in [2.45, 2.75) is 46.3 Å². The number of hydrogen-bond donors (Lipinski definition) is 1. The van der Waals surface area contributed by atoms with Gasteiger partial charge in [-0.15, -0.1) is 0 Å². The number of amides is 2. The minimum atomic E-state index is -0.706. The van der Waals surface area contributed by atoms with Gasteiger partial charge in [0.2, 0.25) is 11.8 Å². The van der Waals surface area contributed by atoms with Crippen molar-refractivity contribution in [3.8, 4) is 0 Å². The number of hydrogen-bond acceptors (Lipinski definition) is 5. The van der Waals surface area contributed by atoms with Crippen LogP contribution in [0.1, 0.15) is 39.2 Å². The van der Waals surface area contributed by atoms with Crippen LogP contribution in [0.15, 0.2) is 30.3 Å². The van der Waals surface area contributed by atoms with E-state index < -0.39 is 11.5 Å². The number of aliphatic hydroxyl groups is 1. The van der Waals surface area contributed by atoms with Crippen LogP contribution in [0.25, 0.3) is 0 Å². The second-order valence-corrected chi connectivity index (χ2v) is 10.1. The molecule has 2 heterocycles. The third-order valence-corrected chi connectivity index (χ3v) is 8.08. The molecule has 1 N–H and O–H groups in total. The van der Waals surface area contributed by atoms with E-state index in [-0.39, 0.29) is 29.7 Å². The Bertz CT molecular complexity index is 788. The maximum Gasteiger partial charge on any atom is 0.235 e. The van der Waals surface area contributed by atoms with E-state index in [1.807, 2.05) is 26.8 Å². The molecule has 0 aromatic heterocycles. The largest absolute Gasteiger partial charge is 0.390 e. The van der Waals surface area contributed by atoms with Crippen LogP contribution < -0.4 is 0 Å². The van der Waals surface area contributed by atoms with Gasteiger partial charge in [-0.3, -0.25) is 24.3 Å². The lowest BCUT2D eigenvalue weighted by atomic mass is 9.62. The lowest BCUT2D eigenvalue weighted by Crippen LogP contribution is -2.61. The van der Waals surface area contributed by atoms with Crippen molar-refractivity contribution in [3.05, 3.63) is 35.9 Å². The molecule has 2 aliphatic heterocycles. The Morgan fingerprint density at radius 1 is 1.00 bits per heavy atom. The van der Waals surface area contributed by atoms with E-state index >= 15 is 0 Å². The van der Waals surface area contributed by atoms with Crippen LogP contribution in [0.4, 0.5) is 0 Å². The number of carbonyl (C=O) groups excluding carboxylic acids is 2. The number of imide groups is 1. The molecular weight excluding hydrogens is 378 g/mol. The first kappa shape index (κ1) is 21.5. The summed E-state index contributed by atoms with van der Waals surface area (Å²) in [6, 6.07) is 10.5. The molecule has 3 atom stereocenters. The van der Waals surface area contributed by atoms with Gasteiger partial charge in [-0.05, 0) is 23.8 Å². The highest BCUT2D eigenvalue weighted by Gasteiger charge is 2.64. The summed E-state index contributed by atoms with van der Waals surface area (Å²) >= 11 is 0. The quantitative estimate of drug-likeness (QED) is 0.723. The van der Waals surface area contributed by atoms with Gasteiger partial charge in [0.05, 0.1) is 18.1 Å². The van der Waals surface area contributed by atoms with Crippen LogP contribution in [0, 0.1) is 16.7 Å². The van der Waals surface area contributed by atoms with Crippen LogP contribution in [0.2, 0.25) is 0 Å². The fraction of sp³-hybridized carbons (Fsp3) is 0.667. The van der Waals surface area contributed by atoms with E-state index in [2.05, 4.69) is 34.1 Å². The summed E-state index contributed by atoms with van der Waals surface area (Å²) in [5, 5.41) is 10.7. The first-order chi connectivity index (χ1) is 14.2. The van der Waals surface area contributed by atoms with Crippen molar-refractivity contribution >= 4 is 11.8 Å². The van der Waals surface area contributed by atoms with Crippen LogP contribution >= 0.6 is 0 Å². The zero-order valence-electron chi connectivity index (χ0n) is 18.5. The summed E-state index contributed by atoms with van der Waals surface area (Å²) in [5.41, 5.74) is 0.505. The van der Waals surface area contributed by atoms with Gasteiger partial charge in [-0.1, -0.05) is 51.1 Å². The molecule has 3 aliphatic rings. The minimum Gasteiger partial charge on any atom is -0.390 e.